The molecule has 0 aliphatic rings. The molecule has 1 N–H and O–H groups in total. The highest BCUT2D eigenvalue weighted by atomic mass is 19.2. The topological polar surface area (TPSA) is 56.8 Å². The van der Waals surface area contributed by atoms with E-state index in [-0.39, 0.29) is 25.5 Å². The summed E-state index contributed by atoms with van der Waals surface area (Å²) in [6.07, 6.45) is 0. The van der Waals surface area contributed by atoms with E-state index in [9.17, 15) is 13.6 Å². The summed E-state index contributed by atoms with van der Waals surface area (Å²) in [6.45, 7) is 0.267. The second kappa shape index (κ2) is 8.71. The van der Waals surface area contributed by atoms with Gasteiger partial charge in [-0.25, -0.2) is 8.78 Å². The fourth-order valence-electron chi connectivity index (χ4n) is 1.80. The molecule has 0 spiro atoms. The molecule has 2 aromatic carbocycles. The Morgan fingerprint density at radius 3 is 2.29 bits per heavy atom. The standard InChI is InChI=1S/C17H17F2NO4/c1-22-12-2-4-13(5-3-12)23-9-8-20-17(21)11-24-14-6-7-15(18)16(19)10-14/h2-7,10H,8-9,11H2,1H3,(H,20,21). The first-order chi connectivity index (χ1) is 11.6. The van der Waals surface area contributed by atoms with Gasteiger partial charge >= 0.3 is 0 Å². The van der Waals surface area contributed by atoms with Crippen molar-refractivity contribution in [3.63, 3.8) is 0 Å². The molecule has 0 unspecified atom stereocenters. The predicted octanol–water partition coefficient (Wildman–Crippen LogP) is 2.55. The molecule has 0 heterocycles. The normalized spacial score (nSPS) is 10.1. The maximum Gasteiger partial charge on any atom is 0.258 e. The van der Waals surface area contributed by atoms with Crippen LogP contribution >= 0.6 is 0 Å². The lowest BCUT2D eigenvalue weighted by Gasteiger charge is -2.09. The van der Waals surface area contributed by atoms with E-state index >= 15 is 0 Å². The fraction of sp³-hybridized carbons (Fsp3) is 0.235. The lowest BCUT2D eigenvalue weighted by Crippen LogP contribution is -2.32. The van der Waals surface area contributed by atoms with Crippen molar-refractivity contribution in [3.05, 3.63) is 54.1 Å². The molecule has 24 heavy (non-hydrogen) atoms. The number of hydrogen-bond acceptors (Lipinski definition) is 4. The number of ether oxygens (including phenoxy) is 3. The number of nitrogens with one attached hydrogen (secondary N) is 1. The number of halogens is 2. The maximum absolute atomic E-state index is 13.0. The average molecular weight is 337 g/mol. The zero-order valence-corrected chi connectivity index (χ0v) is 13.1. The Hall–Kier alpha value is -2.83. The van der Waals surface area contributed by atoms with Gasteiger partial charge in [0, 0.05) is 6.07 Å². The number of methoxy groups -OCH3 is 1. The van der Waals surface area contributed by atoms with Crippen LogP contribution in [0.4, 0.5) is 8.78 Å². The van der Waals surface area contributed by atoms with Gasteiger partial charge in [0.15, 0.2) is 18.2 Å². The molecule has 5 nitrogen and oxygen atoms in total. The van der Waals surface area contributed by atoms with E-state index < -0.39 is 17.5 Å². The predicted molar refractivity (Wildman–Crippen MR) is 83.4 cm³/mol. The van der Waals surface area contributed by atoms with Gasteiger partial charge in [0.25, 0.3) is 5.91 Å². The first-order valence-corrected chi connectivity index (χ1v) is 7.20. The molecule has 7 heteroatoms. The highest BCUT2D eigenvalue weighted by molar-refractivity contribution is 5.77. The zero-order chi connectivity index (χ0) is 17.4. The van der Waals surface area contributed by atoms with Crippen LogP contribution in [-0.4, -0.2) is 32.8 Å². The number of carbonyl (C=O) groups is 1. The van der Waals surface area contributed by atoms with Crippen molar-refractivity contribution in [1.29, 1.82) is 0 Å². The Balaban J connectivity index is 1.64. The average Bonchev–Trinajstić information content (AvgIpc) is 2.60. The van der Waals surface area contributed by atoms with Crippen LogP contribution in [0.3, 0.4) is 0 Å². The molecule has 0 fully saturated rings. The van der Waals surface area contributed by atoms with E-state index in [4.69, 9.17) is 14.2 Å². The van der Waals surface area contributed by atoms with Crippen molar-refractivity contribution in [2.24, 2.45) is 0 Å². The van der Waals surface area contributed by atoms with Gasteiger partial charge in [-0.15, -0.1) is 0 Å². The minimum absolute atomic E-state index is 0.0820. The summed E-state index contributed by atoms with van der Waals surface area (Å²) in [7, 11) is 1.58. The van der Waals surface area contributed by atoms with Crippen LogP contribution in [0.2, 0.25) is 0 Å². The molecule has 1 amide bonds. The third-order valence-electron chi connectivity index (χ3n) is 3.01. The summed E-state index contributed by atoms with van der Waals surface area (Å²) in [6, 6.07) is 10.1. The van der Waals surface area contributed by atoms with Gasteiger partial charge in [0.05, 0.1) is 13.7 Å². The van der Waals surface area contributed by atoms with Gasteiger partial charge in [0.2, 0.25) is 0 Å². The smallest absolute Gasteiger partial charge is 0.258 e. The van der Waals surface area contributed by atoms with E-state index in [0.717, 1.165) is 17.9 Å². The number of benzene rings is 2. The van der Waals surface area contributed by atoms with Gasteiger partial charge in [-0.2, -0.15) is 0 Å². The number of hydrogen-bond donors (Lipinski definition) is 1. The number of amides is 1. The van der Waals surface area contributed by atoms with Crippen LogP contribution < -0.4 is 19.5 Å². The van der Waals surface area contributed by atoms with Crippen molar-refractivity contribution in [2.75, 3.05) is 26.9 Å². The summed E-state index contributed by atoms with van der Waals surface area (Å²) in [4.78, 5) is 11.6. The van der Waals surface area contributed by atoms with Gasteiger partial charge in [-0.05, 0) is 36.4 Å². The van der Waals surface area contributed by atoms with E-state index in [1.807, 2.05) is 0 Å². The fourth-order valence-corrected chi connectivity index (χ4v) is 1.80. The molecule has 0 saturated heterocycles. The minimum atomic E-state index is -1.03. The summed E-state index contributed by atoms with van der Waals surface area (Å²) in [5.74, 6) is -0.923. The zero-order valence-electron chi connectivity index (χ0n) is 13.1. The van der Waals surface area contributed by atoms with Crippen molar-refractivity contribution in [1.82, 2.24) is 5.32 Å². The molecular formula is C17H17F2NO4. The second-order valence-corrected chi connectivity index (χ2v) is 4.74. The molecule has 0 saturated carbocycles. The number of rotatable bonds is 8. The lowest BCUT2D eigenvalue weighted by atomic mass is 10.3. The third-order valence-corrected chi connectivity index (χ3v) is 3.01. The molecule has 0 bridgehead atoms. The van der Waals surface area contributed by atoms with Gasteiger partial charge in [-0.1, -0.05) is 0 Å². The Morgan fingerprint density at radius 1 is 0.958 bits per heavy atom. The molecule has 0 atom stereocenters. The quantitative estimate of drug-likeness (QED) is 0.752. The molecule has 2 rings (SSSR count). The van der Waals surface area contributed by atoms with Crippen molar-refractivity contribution in [3.8, 4) is 17.2 Å². The van der Waals surface area contributed by atoms with Gasteiger partial charge < -0.3 is 19.5 Å². The summed E-state index contributed by atoms with van der Waals surface area (Å²) in [5.41, 5.74) is 0. The van der Waals surface area contributed by atoms with Crippen molar-refractivity contribution < 1.29 is 27.8 Å². The summed E-state index contributed by atoms with van der Waals surface area (Å²) in [5, 5.41) is 2.59. The van der Waals surface area contributed by atoms with Crippen LogP contribution in [0.1, 0.15) is 0 Å². The van der Waals surface area contributed by atoms with Crippen LogP contribution in [-0.2, 0) is 4.79 Å². The Labute approximate surface area is 138 Å². The van der Waals surface area contributed by atoms with Crippen LogP contribution in [0.15, 0.2) is 42.5 Å². The first-order valence-electron chi connectivity index (χ1n) is 7.20. The van der Waals surface area contributed by atoms with E-state index in [1.54, 1.807) is 31.4 Å². The Bertz CT molecular complexity index is 677. The third kappa shape index (κ3) is 5.42. The second-order valence-electron chi connectivity index (χ2n) is 4.74. The molecule has 0 aromatic heterocycles. The number of carbonyl (C=O) groups excluding carboxylic acids is 1. The Morgan fingerprint density at radius 2 is 1.62 bits per heavy atom. The summed E-state index contributed by atoms with van der Waals surface area (Å²) < 4.78 is 41.3. The maximum atomic E-state index is 13.0. The van der Waals surface area contributed by atoms with Crippen molar-refractivity contribution in [2.45, 2.75) is 0 Å². The van der Waals surface area contributed by atoms with Crippen LogP contribution in [0, 0.1) is 11.6 Å². The highest BCUT2D eigenvalue weighted by Gasteiger charge is 2.06. The molecule has 2 aromatic rings. The van der Waals surface area contributed by atoms with E-state index in [1.165, 1.54) is 6.07 Å². The lowest BCUT2D eigenvalue weighted by molar-refractivity contribution is -0.123. The van der Waals surface area contributed by atoms with Crippen molar-refractivity contribution >= 4 is 5.91 Å². The largest absolute Gasteiger partial charge is 0.497 e. The molecule has 0 radical (unpaired) electrons. The first kappa shape index (κ1) is 17.5. The minimum Gasteiger partial charge on any atom is -0.497 e. The van der Waals surface area contributed by atoms with Crippen LogP contribution in [0.5, 0.6) is 17.2 Å². The Kier molecular flexibility index (Phi) is 6.36. The van der Waals surface area contributed by atoms with Crippen LogP contribution in [0.25, 0.3) is 0 Å². The SMILES string of the molecule is COc1ccc(OCCNC(=O)COc2ccc(F)c(F)c2)cc1. The molecule has 128 valence electrons. The van der Waals surface area contributed by atoms with E-state index in [2.05, 4.69) is 5.32 Å². The summed E-state index contributed by atoms with van der Waals surface area (Å²) >= 11 is 0. The highest BCUT2D eigenvalue weighted by Crippen LogP contribution is 2.17. The van der Waals surface area contributed by atoms with Gasteiger partial charge in [0.1, 0.15) is 23.9 Å². The molecule has 0 aliphatic heterocycles. The van der Waals surface area contributed by atoms with E-state index in [0.29, 0.717) is 5.75 Å². The molecule has 0 aliphatic carbocycles. The monoisotopic (exact) mass is 337 g/mol. The van der Waals surface area contributed by atoms with Gasteiger partial charge in [-0.3, -0.25) is 4.79 Å². The molecular weight excluding hydrogens is 320 g/mol.